The van der Waals surface area contributed by atoms with E-state index in [1.54, 1.807) is 0 Å². The molecule has 0 aliphatic heterocycles. The second kappa shape index (κ2) is 5.44. The standard InChI is InChI=1S/C15H23NO/c1-3-12-8-4-5-9-13(12)17-14-10-6-7-11(2)15(14)16/h6-7,10,12-13H,3-5,8-9,16H2,1-2H3. The number of nitrogens with two attached hydrogens (primary N) is 1. The number of ether oxygens (including phenoxy) is 1. The highest BCUT2D eigenvalue weighted by molar-refractivity contribution is 5.57. The minimum Gasteiger partial charge on any atom is -0.488 e. The van der Waals surface area contributed by atoms with Crippen molar-refractivity contribution in [1.29, 1.82) is 0 Å². The number of rotatable bonds is 3. The monoisotopic (exact) mass is 233 g/mol. The molecule has 1 aliphatic rings. The van der Waals surface area contributed by atoms with E-state index in [2.05, 4.69) is 6.92 Å². The summed E-state index contributed by atoms with van der Waals surface area (Å²) in [5.74, 6) is 1.57. The molecule has 2 rings (SSSR count). The molecule has 2 N–H and O–H groups in total. The lowest BCUT2D eigenvalue weighted by Gasteiger charge is -2.31. The fourth-order valence-electron chi connectivity index (χ4n) is 2.72. The number of hydrogen-bond donors (Lipinski definition) is 1. The number of benzene rings is 1. The minimum absolute atomic E-state index is 0.359. The minimum atomic E-state index is 0.359. The Labute approximate surface area is 104 Å². The van der Waals surface area contributed by atoms with E-state index in [0.29, 0.717) is 12.0 Å². The van der Waals surface area contributed by atoms with Gasteiger partial charge in [-0.2, -0.15) is 0 Å². The Morgan fingerprint density at radius 3 is 2.82 bits per heavy atom. The third-order valence-electron chi connectivity index (χ3n) is 3.93. The van der Waals surface area contributed by atoms with Crippen molar-refractivity contribution in [1.82, 2.24) is 0 Å². The zero-order chi connectivity index (χ0) is 12.3. The maximum atomic E-state index is 6.15. The zero-order valence-corrected chi connectivity index (χ0v) is 10.9. The van der Waals surface area contributed by atoms with Gasteiger partial charge in [0.2, 0.25) is 0 Å². The molecule has 94 valence electrons. The van der Waals surface area contributed by atoms with Gasteiger partial charge in [-0.3, -0.25) is 0 Å². The van der Waals surface area contributed by atoms with Crippen LogP contribution in [0.15, 0.2) is 18.2 Å². The molecule has 2 nitrogen and oxygen atoms in total. The van der Waals surface area contributed by atoms with E-state index in [9.17, 15) is 0 Å². The van der Waals surface area contributed by atoms with Gasteiger partial charge < -0.3 is 10.5 Å². The van der Waals surface area contributed by atoms with Gasteiger partial charge in [0.05, 0.1) is 5.69 Å². The number of nitrogen functional groups attached to an aromatic ring is 1. The van der Waals surface area contributed by atoms with Crippen molar-refractivity contribution in [2.45, 2.75) is 52.1 Å². The van der Waals surface area contributed by atoms with Crippen LogP contribution in [0.5, 0.6) is 5.75 Å². The zero-order valence-electron chi connectivity index (χ0n) is 10.9. The molecular formula is C15H23NO. The summed E-state index contributed by atoms with van der Waals surface area (Å²) >= 11 is 0. The summed E-state index contributed by atoms with van der Waals surface area (Å²) in [6.07, 6.45) is 6.67. The SMILES string of the molecule is CCC1CCCCC1Oc1cccc(C)c1N. The first kappa shape index (κ1) is 12.3. The van der Waals surface area contributed by atoms with Crippen molar-refractivity contribution in [2.75, 3.05) is 5.73 Å². The van der Waals surface area contributed by atoms with Crippen LogP contribution in [0.4, 0.5) is 5.69 Å². The van der Waals surface area contributed by atoms with Crippen LogP contribution in [0.1, 0.15) is 44.6 Å². The highest BCUT2D eigenvalue weighted by Crippen LogP contribution is 2.33. The van der Waals surface area contributed by atoms with Crippen molar-refractivity contribution >= 4 is 5.69 Å². The largest absolute Gasteiger partial charge is 0.488 e. The normalized spacial score (nSPS) is 24.6. The Bertz CT molecular complexity index is 375. The molecule has 1 aromatic rings. The Hall–Kier alpha value is -1.18. The fraction of sp³-hybridized carbons (Fsp3) is 0.600. The smallest absolute Gasteiger partial charge is 0.142 e. The van der Waals surface area contributed by atoms with Gasteiger partial charge >= 0.3 is 0 Å². The van der Waals surface area contributed by atoms with Gasteiger partial charge in [0.15, 0.2) is 0 Å². The first-order valence-corrected chi connectivity index (χ1v) is 6.74. The third-order valence-corrected chi connectivity index (χ3v) is 3.93. The van der Waals surface area contributed by atoms with Gasteiger partial charge in [-0.15, -0.1) is 0 Å². The van der Waals surface area contributed by atoms with Crippen LogP contribution < -0.4 is 10.5 Å². The lowest BCUT2D eigenvalue weighted by molar-refractivity contribution is 0.0911. The molecule has 2 heteroatoms. The van der Waals surface area contributed by atoms with E-state index in [1.165, 1.54) is 32.1 Å². The van der Waals surface area contributed by atoms with Crippen molar-refractivity contribution in [3.05, 3.63) is 23.8 Å². The summed E-state index contributed by atoms with van der Waals surface area (Å²) in [5, 5.41) is 0. The summed E-state index contributed by atoms with van der Waals surface area (Å²) in [6, 6.07) is 6.04. The average molecular weight is 233 g/mol. The number of anilines is 1. The lowest BCUT2D eigenvalue weighted by Crippen LogP contribution is -2.30. The Balaban J connectivity index is 2.11. The van der Waals surface area contributed by atoms with Gasteiger partial charge in [0, 0.05) is 0 Å². The Kier molecular flexibility index (Phi) is 3.93. The summed E-state index contributed by atoms with van der Waals surface area (Å²) in [7, 11) is 0. The van der Waals surface area contributed by atoms with Gasteiger partial charge in [0.1, 0.15) is 11.9 Å². The summed E-state index contributed by atoms with van der Waals surface area (Å²) < 4.78 is 6.15. The molecule has 0 spiro atoms. The molecule has 0 bridgehead atoms. The van der Waals surface area contributed by atoms with E-state index >= 15 is 0 Å². The number of aryl methyl sites for hydroxylation is 1. The van der Waals surface area contributed by atoms with Crippen LogP contribution in [-0.2, 0) is 0 Å². The highest BCUT2D eigenvalue weighted by Gasteiger charge is 2.25. The molecule has 0 aromatic heterocycles. The van der Waals surface area contributed by atoms with E-state index in [1.807, 2.05) is 25.1 Å². The molecule has 1 aliphatic carbocycles. The quantitative estimate of drug-likeness (QED) is 0.803. The molecule has 17 heavy (non-hydrogen) atoms. The van der Waals surface area contributed by atoms with Gasteiger partial charge in [-0.25, -0.2) is 0 Å². The first-order valence-electron chi connectivity index (χ1n) is 6.74. The van der Waals surface area contributed by atoms with Crippen molar-refractivity contribution in [3.63, 3.8) is 0 Å². The molecule has 1 saturated carbocycles. The van der Waals surface area contributed by atoms with Gasteiger partial charge in [-0.05, 0) is 50.2 Å². The van der Waals surface area contributed by atoms with E-state index in [4.69, 9.17) is 10.5 Å². The van der Waals surface area contributed by atoms with Crippen LogP contribution in [0, 0.1) is 12.8 Å². The maximum absolute atomic E-state index is 6.15. The molecule has 1 aromatic carbocycles. The van der Waals surface area contributed by atoms with Crippen molar-refractivity contribution in [2.24, 2.45) is 5.92 Å². The van der Waals surface area contributed by atoms with Crippen LogP contribution in [-0.4, -0.2) is 6.10 Å². The van der Waals surface area contributed by atoms with Gasteiger partial charge in [0.25, 0.3) is 0 Å². The van der Waals surface area contributed by atoms with Crippen molar-refractivity contribution < 1.29 is 4.74 Å². The summed E-state index contributed by atoms with van der Waals surface area (Å²) in [5.41, 5.74) is 7.96. The second-order valence-electron chi connectivity index (χ2n) is 5.10. The molecule has 1 fully saturated rings. The number of para-hydroxylation sites is 1. The predicted octanol–water partition coefficient (Wildman–Crippen LogP) is 3.92. The fourth-order valence-corrected chi connectivity index (χ4v) is 2.72. The van der Waals surface area contributed by atoms with Crippen molar-refractivity contribution in [3.8, 4) is 5.75 Å². The molecule has 2 unspecified atom stereocenters. The second-order valence-corrected chi connectivity index (χ2v) is 5.10. The molecular weight excluding hydrogens is 210 g/mol. The lowest BCUT2D eigenvalue weighted by atomic mass is 9.85. The van der Waals surface area contributed by atoms with Gasteiger partial charge in [-0.1, -0.05) is 25.5 Å². The molecule has 0 radical (unpaired) electrons. The molecule has 0 amide bonds. The average Bonchev–Trinajstić information content (AvgIpc) is 2.35. The third kappa shape index (κ3) is 2.74. The maximum Gasteiger partial charge on any atom is 0.142 e. The van der Waals surface area contributed by atoms with Crippen LogP contribution in [0.2, 0.25) is 0 Å². The van der Waals surface area contributed by atoms with Crippen LogP contribution in [0.25, 0.3) is 0 Å². The molecule has 0 heterocycles. The van der Waals surface area contributed by atoms with E-state index in [0.717, 1.165) is 17.0 Å². The van der Waals surface area contributed by atoms with E-state index < -0.39 is 0 Å². The predicted molar refractivity (Wildman–Crippen MR) is 72.3 cm³/mol. The number of hydrogen-bond acceptors (Lipinski definition) is 2. The van der Waals surface area contributed by atoms with Crippen LogP contribution in [0.3, 0.4) is 0 Å². The molecule has 0 saturated heterocycles. The first-order chi connectivity index (χ1) is 8.22. The molecule has 2 atom stereocenters. The Morgan fingerprint density at radius 2 is 2.06 bits per heavy atom. The van der Waals surface area contributed by atoms with E-state index in [-0.39, 0.29) is 0 Å². The topological polar surface area (TPSA) is 35.2 Å². The summed E-state index contributed by atoms with van der Waals surface area (Å²) in [4.78, 5) is 0. The Morgan fingerprint density at radius 1 is 1.29 bits per heavy atom. The summed E-state index contributed by atoms with van der Waals surface area (Å²) in [6.45, 7) is 4.28. The highest BCUT2D eigenvalue weighted by atomic mass is 16.5. The van der Waals surface area contributed by atoms with Crippen LogP contribution >= 0.6 is 0 Å².